The van der Waals surface area contributed by atoms with Gasteiger partial charge in [0.15, 0.2) is 0 Å². The zero-order valence-corrected chi connectivity index (χ0v) is 26.6. The third kappa shape index (κ3) is 7.80. The molecule has 0 heterocycles. The number of rotatable bonds is 12. The molecule has 6 heteroatoms. The molecule has 6 nitrogen and oxygen atoms in total. The highest BCUT2D eigenvalue weighted by Gasteiger charge is 2.26. The molecular weight excluding hydrogens is 528 g/mol. The average Bonchev–Trinajstić information content (AvgIpc) is 2.96. The van der Waals surface area contributed by atoms with Gasteiger partial charge in [0, 0.05) is 0 Å². The number of ether oxygens (including phenoxy) is 3. The highest BCUT2D eigenvalue weighted by atomic mass is 16.6. The van der Waals surface area contributed by atoms with E-state index in [0.717, 1.165) is 58.4 Å². The second-order valence-electron chi connectivity index (χ2n) is 11.9. The van der Waals surface area contributed by atoms with Crippen LogP contribution in [0.3, 0.4) is 0 Å². The molecule has 3 aromatic carbocycles. The van der Waals surface area contributed by atoms with Gasteiger partial charge in [-0.25, -0.2) is 9.59 Å². The predicted octanol–water partition coefficient (Wildman–Crippen LogP) is 8.01. The Morgan fingerprint density at radius 1 is 0.667 bits per heavy atom. The van der Waals surface area contributed by atoms with Gasteiger partial charge in [-0.05, 0) is 125 Å². The van der Waals surface area contributed by atoms with Gasteiger partial charge >= 0.3 is 11.9 Å². The van der Waals surface area contributed by atoms with Gasteiger partial charge < -0.3 is 19.3 Å². The summed E-state index contributed by atoms with van der Waals surface area (Å²) in [5.41, 5.74) is 5.69. The van der Waals surface area contributed by atoms with E-state index in [4.69, 9.17) is 14.2 Å². The molecule has 0 aromatic heterocycles. The molecule has 0 fully saturated rings. The SMILES string of the molecule is CCC(C)(CC)OC(=O)c1ccc(C(=O)Oc2c(C)cc(Cc3cc(C)c(OC(C)(CC)CO)c(C)c3)cc2C)cc1. The maximum Gasteiger partial charge on any atom is 0.343 e. The second-order valence-corrected chi connectivity index (χ2v) is 11.9. The molecule has 0 spiro atoms. The van der Waals surface area contributed by atoms with E-state index in [0.29, 0.717) is 23.3 Å². The summed E-state index contributed by atoms with van der Waals surface area (Å²) in [7, 11) is 0. The van der Waals surface area contributed by atoms with Crippen LogP contribution in [-0.4, -0.2) is 34.9 Å². The smallest absolute Gasteiger partial charge is 0.343 e. The lowest BCUT2D eigenvalue weighted by atomic mass is 9.96. The number of hydrogen-bond donors (Lipinski definition) is 1. The van der Waals surface area contributed by atoms with E-state index in [2.05, 4.69) is 12.1 Å². The zero-order valence-electron chi connectivity index (χ0n) is 26.6. The summed E-state index contributed by atoms with van der Waals surface area (Å²) in [4.78, 5) is 25.6. The maximum atomic E-state index is 13.0. The van der Waals surface area contributed by atoms with Crippen molar-refractivity contribution in [3.8, 4) is 11.5 Å². The average molecular weight is 575 g/mol. The fourth-order valence-corrected chi connectivity index (χ4v) is 4.88. The molecule has 1 unspecified atom stereocenters. The van der Waals surface area contributed by atoms with E-state index in [1.165, 1.54) is 0 Å². The Hall–Kier alpha value is -3.64. The predicted molar refractivity (Wildman–Crippen MR) is 167 cm³/mol. The first-order valence-corrected chi connectivity index (χ1v) is 14.8. The third-order valence-electron chi connectivity index (χ3n) is 8.27. The highest BCUT2D eigenvalue weighted by molar-refractivity contribution is 5.94. The van der Waals surface area contributed by atoms with Crippen LogP contribution in [0.1, 0.15) is 108 Å². The minimum Gasteiger partial charge on any atom is -0.485 e. The Morgan fingerprint density at radius 2 is 1.07 bits per heavy atom. The molecule has 0 aliphatic rings. The van der Waals surface area contributed by atoms with Crippen LogP contribution in [0.15, 0.2) is 48.5 Å². The molecule has 0 saturated heterocycles. The first-order valence-electron chi connectivity index (χ1n) is 14.8. The zero-order chi connectivity index (χ0) is 31.2. The first-order chi connectivity index (χ1) is 19.8. The van der Waals surface area contributed by atoms with E-state index in [-0.39, 0.29) is 6.61 Å². The summed E-state index contributed by atoms with van der Waals surface area (Å²) in [5.74, 6) is 0.468. The molecule has 0 aliphatic heterocycles. The molecule has 3 aromatic rings. The molecule has 226 valence electrons. The van der Waals surface area contributed by atoms with Crippen molar-refractivity contribution in [1.82, 2.24) is 0 Å². The Kier molecular flexibility index (Phi) is 10.6. The Bertz CT molecular complexity index is 1370. The number of carbonyl (C=O) groups excluding carboxylic acids is 2. The molecule has 1 N–H and O–H groups in total. The summed E-state index contributed by atoms with van der Waals surface area (Å²) >= 11 is 0. The summed E-state index contributed by atoms with van der Waals surface area (Å²) in [5, 5.41) is 9.78. The van der Waals surface area contributed by atoms with Crippen molar-refractivity contribution in [1.29, 1.82) is 0 Å². The lowest BCUT2D eigenvalue weighted by Gasteiger charge is -2.29. The van der Waals surface area contributed by atoms with Crippen LogP contribution in [0.5, 0.6) is 11.5 Å². The maximum absolute atomic E-state index is 13.0. The molecular formula is C36H46O6. The van der Waals surface area contributed by atoms with E-state index < -0.39 is 23.1 Å². The molecule has 3 rings (SSSR count). The number of hydrogen-bond acceptors (Lipinski definition) is 6. The van der Waals surface area contributed by atoms with Gasteiger partial charge in [0.1, 0.15) is 22.7 Å². The van der Waals surface area contributed by atoms with Gasteiger partial charge in [0.25, 0.3) is 0 Å². The van der Waals surface area contributed by atoms with Gasteiger partial charge in [0.05, 0.1) is 17.7 Å². The Labute approximate surface area is 251 Å². The van der Waals surface area contributed by atoms with Crippen LogP contribution < -0.4 is 9.47 Å². The summed E-state index contributed by atoms with van der Waals surface area (Å²) in [6.07, 6.45) is 2.87. The van der Waals surface area contributed by atoms with Gasteiger partial charge in [-0.1, -0.05) is 45.0 Å². The van der Waals surface area contributed by atoms with Gasteiger partial charge in [-0.3, -0.25) is 0 Å². The molecule has 0 bridgehead atoms. The van der Waals surface area contributed by atoms with Crippen LogP contribution in [0.25, 0.3) is 0 Å². The molecule has 0 radical (unpaired) electrons. The van der Waals surface area contributed by atoms with Crippen LogP contribution >= 0.6 is 0 Å². The topological polar surface area (TPSA) is 82.1 Å². The molecule has 42 heavy (non-hydrogen) atoms. The minimum absolute atomic E-state index is 0.0445. The van der Waals surface area contributed by atoms with E-state index in [9.17, 15) is 14.7 Å². The largest absolute Gasteiger partial charge is 0.485 e. The molecule has 0 aliphatic carbocycles. The summed E-state index contributed by atoms with van der Waals surface area (Å²) in [6, 6.07) is 14.7. The van der Waals surface area contributed by atoms with Gasteiger partial charge in [0.2, 0.25) is 0 Å². The lowest BCUT2D eigenvalue weighted by molar-refractivity contribution is -0.0131. The normalized spacial score (nSPS) is 12.9. The minimum atomic E-state index is -0.613. The van der Waals surface area contributed by atoms with Crippen LogP contribution in [-0.2, 0) is 11.2 Å². The van der Waals surface area contributed by atoms with Crippen molar-refractivity contribution in [2.75, 3.05) is 6.61 Å². The Morgan fingerprint density at radius 3 is 1.48 bits per heavy atom. The third-order valence-corrected chi connectivity index (χ3v) is 8.27. The van der Waals surface area contributed by atoms with Gasteiger partial charge in [-0.15, -0.1) is 0 Å². The Balaban J connectivity index is 1.73. The lowest BCUT2D eigenvalue weighted by Crippen LogP contribution is -2.36. The summed E-state index contributed by atoms with van der Waals surface area (Å²) in [6.45, 7) is 17.7. The highest BCUT2D eigenvalue weighted by Crippen LogP contribution is 2.32. The van der Waals surface area contributed by atoms with Crippen molar-refractivity contribution >= 4 is 11.9 Å². The standard InChI is InChI=1S/C36H46O6/c1-10-35(8,11-2)42-34(39)30-15-13-29(14-16-30)33(38)40-31-23(4)17-27(18-24(31)5)21-28-19-25(6)32(26(7)20-28)41-36(9,12-3)22-37/h13-20,37H,10-12,21-22H2,1-9H3. The fraction of sp³-hybridized carbons (Fsp3) is 0.444. The fourth-order valence-electron chi connectivity index (χ4n) is 4.88. The van der Waals surface area contributed by atoms with Crippen molar-refractivity contribution in [3.63, 3.8) is 0 Å². The quantitative estimate of drug-likeness (QED) is 0.174. The van der Waals surface area contributed by atoms with Gasteiger partial charge in [-0.2, -0.15) is 0 Å². The monoisotopic (exact) mass is 574 g/mol. The summed E-state index contributed by atoms with van der Waals surface area (Å²) < 4.78 is 17.7. The number of esters is 2. The molecule has 1 atom stereocenters. The number of carbonyl (C=O) groups is 2. The first kappa shape index (κ1) is 32.9. The van der Waals surface area contributed by atoms with Crippen LogP contribution in [0.2, 0.25) is 0 Å². The van der Waals surface area contributed by atoms with Crippen LogP contribution in [0.4, 0.5) is 0 Å². The molecule has 0 saturated carbocycles. The second kappa shape index (κ2) is 13.6. The van der Waals surface area contributed by atoms with Crippen molar-refractivity contribution in [2.45, 2.75) is 99.2 Å². The van der Waals surface area contributed by atoms with Crippen LogP contribution in [0, 0.1) is 27.7 Å². The molecule has 0 amide bonds. The number of aliphatic hydroxyl groups is 1. The van der Waals surface area contributed by atoms with Crippen molar-refractivity contribution in [3.05, 3.63) is 93.0 Å². The van der Waals surface area contributed by atoms with Crippen molar-refractivity contribution < 1.29 is 28.9 Å². The number of aliphatic hydroxyl groups excluding tert-OH is 1. The number of benzene rings is 3. The number of aryl methyl sites for hydroxylation is 4. The van der Waals surface area contributed by atoms with Crippen molar-refractivity contribution in [2.24, 2.45) is 0 Å². The van der Waals surface area contributed by atoms with E-state index >= 15 is 0 Å². The van der Waals surface area contributed by atoms with E-state index in [1.807, 2.05) is 74.4 Å². The van der Waals surface area contributed by atoms with E-state index in [1.54, 1.807) is 24.3 Å².